The number of rotatable bonds is 3. The Morgan fingerprint density at radius 3 is 2.71 bits per heavy atom. The molecule has 21 heavy (non-hydrogen) atoms. The molecule has 0 aliphatic carbocycles. The molecule has 0 aliphatic rings. The quantitative estimate of drug-likeness (QED) is 0.871. The van der Waals surface area contributed by atoms with E-state index in [0.717, 1.165) is 7.11 Å². The maximum atomic E-state index is 13.0. The molecule has 0 amide bonds. The summed E-state index contributed by atoms with van der Waals surface area (Å²) in [4.78, 5) is 11.4. The van der Waals surface area contributed by atoms with E-state index in [1.54, 1.807) is 0 Å². The van der Waals surface area contributed by atoms with Gasteiger partial charge in [-0.05, 0) is 18.2 Å². The summed E-state index contributed by atoms with van der Waals surface area (Å²) in [5, 5.41) is 15.6. The number of esters is 1. The fourth-order valence-corrected chi connectivity index (χ4v) is 1.77. The van der Waals surface area contributed by atoms with Crippen LogP contribution in [0.1, 0.15) is 21.7 Å². The van der Waals surface area contributed by atoms with Crippen LogP contribution >= 0.6 is 0 Å². The van der Waals surface area contributed by atoms with Gasteiger partial charge >= 0.3 is 12.1 Å². The minimum atomic E-state index is -4.75. The van der Waals surface area contributed by atoms with E-state index in [-0.39, 0.29) is 11.3 Å². The Balaban J connectivity index is 2.57. The summed E-state index contributed by atoms with van der Waals surface area (Å²) in [6.07, 6.45) is -4.75. The van der Waals surface area contributed by atoms with Crippen molar-refractivity contribution in [1.82, 2.24) is 15.0 Å². The zero-order valence-corrected chi connectivity index (χ0v) is 10.8. The number of alkyl halides is 3. The summed E-state index contributed by atoms with van der Waals surface area (Å²) >= 11 is 0. The van der Waals surface area contributed by atoms with Crippen LogP contribution in [0, 0.1) is 0 Å². The summed E-state index contributed by atoms with van der Waals surface area (Å²) in [6.45, 7) is -0.897. The number of benzene rings is 1. The van der Waals surface area contributed by atoms with E-state index in [0.29, 0.717) is 4.68 Å². The number of aliphatic hydroxyl groups excluding tert-OH is 1. The highest BCUT2D eigenvalue weighted by Gasteiger charge is 2.39. The lowest BCUT2D eigenvalue weighted by atomic mass is 10.2. The van der Waals surface area contributed by atoms with Gasteiger partial charge in [-0.15, -0.1) is 5.10 Å². The number of ether oxygens (including phenoxy) is 1. The van der Waals surface area contributed by atoms with E-state index < -0.39 is 30.1 Å². The highest BCUT2D eigenvalue weighted by molar-refractivity contribution is 5.89. The molecule has 0 fully saturated rings. The molecule has 0 spiro atoms. The predicted molar refractivity (Wildman–Crippen MR) is 63.6 cm³/mol. The van der Waals surface area contributed by atoms with Gasteiger partial charge in [-0.1, -0.05) is 11.3 Å². The normalized spacial score (nSPS) is 11.5. The van der Waals surface area contributed by atoms with Crippen molar-refractivity contribution in [3.8, 4) is 5.69 Å². The van der Waals surface area contributed by atoms with Gasteiger partial charge in [-0.3, -0.25) is 0 Å². The Morgan fingerprint density at radius 1 is 1.43 bits per heavy atom. The molecule has 0 atom stereocenters. The third kappa shape index (κ3) is 2.87. The SMILES string of the molecule is COC(=O)c1cccc(-n2nnc(CO)c2C(F)(F)F)c1. The van der Waals surface area contributed by atoms with Crippen LogP contribution in [-0.4, -0.2) is 33.2 Å². The Hall–Kier alpha value is -2.42. The molecule has 1 heterocycles. The van der Waals surface area contributed by atoms with Crippen molar-refractivity contribution in [2.45, 2.75) is 12.8 Å². The highest BCUT2D eigenvalue weighted by atomic mass is 19.4. The number of carbonyl (C=O) groups is 1. The molecule has 6 nitrogen and oxygen atoms in total. The lowest BCUT2D eigenvalue weighted by Gasteiger charge is -2.11. The Labute approximate surface area is 116 Å². The van der Waals surface area contributed by atoms with Crippen molar-refractivity contribution in [2.75, 3.05) is 7.11 Å². The smallest absolute Gasteiger partial charge is 0.435 e. The van der Waals surface area contributed by atoms with E-state index in [2.05, 4.69) is 15.0 Å². The highest BCUT2D eigenvalue weighted by Crippen LogP contribution is 2.32. The molecule has 2 rings (SSSR count). The first-order valence-corrected chi connectivity index (χ1v) is 5.70. The molecular formula is C12H10F3N3O3. The van der Waals surface area contributed by atoms with E-state index in [9.17, 15) is 18.0 Å². The third-order valence-corrected chi connectivity index (χ3v) is 2.67. The van der Waals surface area contributed by atoms with Gasteiger partial charge in [-0.2, -0.15) is 13.2 Å². The molecule has 0 radical (unpaired) electrons. The lowest BCUT2D eigenvalue weighted by molar-refractivity contribution is -0.143. The number of aliphatic hydroxyl groups is 1. The van der Waals surface area contributed by atoms with E-state index in [4.69, 9.17) is 5.11 Å². The van der Waals surface area contributed by atoms with Crippen LogP contribution in [0.4, 0.5) is 13.2 Å². The zero-order chi connectivity index (χ0) is 15.6. The summed E-state index contributed by atoms with van der Waals surface area (Å²) in [5.41, 5.74) is -1.72. The van der Waals surface area contributed by atoms with Crippen molar-refractivity contribution in [3.63, 3.8) is 0 Å². The number of hydrogen-bond donors (Lipinski definition) is 1. The summed E-state index contributed by atoms with van der Waals surface area (Å²) in [5.74, 6) is -0.687. The van der Waals surface area contributed by atoms with Crippen molar-refractivity contribution in [3.05, 3.63) is 41.2 Å². The predicted octanol–water partition coefficient (Wildman–Crippen LogP) is 1.56. The van der Waals surface area contributed by atoms with Gasteiger partial charge < -0.3 is 9.84 Å². The first-order valence-electron chi connectivity index (χ1n) is 5.70. The average molecular weight is 301 g/mol. The summed E-state index contributed by atoms with van der Waals surface area (Å²) in [6, 6.07) is 5.31. The first kappa shape index (κ1) is 15.0. The number of hydrogen-bond acceptors (Lipinski definition) is 5. The van der Waals surface area contributed by atoms with Crippen LogP contribution in [0.15, 0.2) is 24.3 Å². The third-order valence-electron chi connectivity index (χ3n) is 2.67. The van der Waals surface area contributed by atoms with Crippen LogP contribution in [0.3, 0.4) is 0 Å². The van der Waals surface area contributed by atoms with Gasteiger partial charge in [-0.25, -0.2) is 9.48 Å². The topological polar surface area (TPSA) is 77.2 Å². The zero-order valence-electron chi connectivity index (χ0n) is 10.8. The minimum absolute atomic E-state index is 0.0163. The van der Waals surface area contributed by atoms with Gasteiger partial charge in [0.2, 0.25) is 0 Å². The van der Waals surface area contributed by atoms with Gasteiger partial charge in [0.25, 0.3) is 0 Å². The van der Waals surface area contributed by atoms with E-state index >= 15 is 0 Å². The van der Waals surface area contributed by atoms with E-state index in [1.807, 2.05) is 0 Å². The van der Waals surface area contributed by atoms with Crippen molar-refractivity contribution < 1.29 is 27.8 Å². The van der Waals surface area contributed by atoms with Gasteiger partial charge in [0.1, 0.15) is 5.69 Å². The van der Waals surface area contributed by atoms with Crippen LogP contribution in [-0.2, 0) is 17.5 Å². The molecule has 0 bridgehead atoms. The molecule has 0 saturated carbocycles. The molecule has 112 valence electrons. The van der Waals surface area contributed by atoms with Gasteiger partial charge in [0, 0.05) is 0 Å². The molecule has 1 aromatic carbocycles. The maximum absolute atomic E-state index is 13.0. The average Bonchev–Trinajstić information content (AvgIpc) is 2.90. The van der Waals surface area contributed by atoms with Crippen LogP contribution < -0.4 is 0 Å². The Bertz CT molecular complexity index is 667. The molecule has 0 aliphatic heterocycles. The minimum Gasteiger partial charge on any atom is -0.465 e. The van der Waals surface area contributed by atoms with Crippen LogP contribution in [0.2, 0.25) is 0 Å². The monoisotopic (exact) mass is 301 g/mol. The molecular weight excluding hydrogens is 291 g/mol. The maximum Gasteiger partial charge on any atom is 0.435 e. The second-order valence-electron chi connectivity index (χ2n) is 3.99. The molecule has 0 unspecified atom stereocenters. The standard InChI is InChI=1S/C12H10F3N3O3/c1-21-11(20)7-3-2-4-8(5-7)18-10(12(13,14)15)9(6-19)16-17-18/h2-5,19H,6H2,1H3. The molecule has 1 N–H and O–H groups in total. The second-order valence-corrected chi connectivity index (χ2v) is 3.99. The van der Waals surface area contributed by atoms with Crippen molar-refractivity contribution in [2.24, 2.45) is 0 Å². The van der Waals surface area contributed by atoms with Crippen molar-refractivity contribution >= 4 is 5.97 Å². The molecule has 9 heteroatoms. The van der Waals surface area contributed by atoms with Gasteiger partial charge in [0.15, 0.2) is 5.69 Å². The molecule has 1 aromatic heterocycles. The number of aromatic nitrogens is 3. The lowest BCUT2D eigenvalue weighted by Crippen LogP contribution is -2.16. The first-order chi connectivity index (χ1) is 9.88. The molecule has 2 aromatic rings. The number of nitrogens with zero attached hydrogens (tertiary/aromatic N) is 3. The Kier molecular flexibility index (Phi) is 3.94. The van der Waals surface area contributed by atoms with Crippen molar-refractivity contribution in [1.29, 1.82) is 0 Å². The summed E-state index contributed by atoms with van der Waals surface area (Å²) in [7, 11) is 1.16. The second kappa shape index (κ2) is 5.52. The fourth-order valence-electron chi connectivity index (χ4n) is 1.77. The Morgan fingerprint density at radius 2 is 2.14 bits per heavy atom. The van der Waals surface area contributed by atoms with Gasteiger partial charge in [0.05, 0.1) is 25.0 Å². The molecule has 0 saturated heterocycles. The fraction of sp³-hybridized carbons (Fsp3) is 0.250. The van der Waals surface area contributed by atoms with Crippen LogP contribution in [0.5, 0.6) is 0 Å². The van der Waals surface area contributed by atoms with Crippen LogP contribution in [0.25, 0.3) is 5.69 Å². The number of methoxy groups -OCH3 is 1. The summed E-state index contributed by atoms with van der Waals surface area (Å²) < 4.78 is 44.1. The van der Waals surface area contributed by atoms with E-state index in [1.165, 1.54) is 24.3 Å². The number of halogens is 3. The largest absolute Gasteiger partial charge is 0.465 e. The number of carbonyl (C=O) groups excluding carboxylic acids is 1.